The molecule has 10 heteroatoms. The summed E-state index contributed by atoms with van der Waals surface area (Å²) in [7, 11) is 1.23. The second-order valence-electron chi connectivity index (χ2n) is 10.3. The van der Waals surface area contributed by atoms with Crippen LogP contribution in [0, 0.1) is 13.8 Å². The molecule has 0 heterocycles. The Morgan fingerprint density at radius 3 is 2.19 bits per heavy atom. The number of alkyl carbamates (subject to hydrolysis) is 1. The van der Waals surface area contributed by atoms with E-state index in [4.69, 9.17) is 4.74 Å². The molecular formula is C26H41N3O6S. The molecule has 202 valence electrons. The molecule has 1 aromatic rings. The summed E-state index contributed by atoms with van der Waals surface area (Å²) in [5.41, 5.74) is 0.748. The molecule has 0 aliphatic heterocycles. The lowest BCUT2D eigenvalue weighted by atomic mass is 9.90. The van der Waals surface area contributed by atoms with Gasteiger partial charge in [-0.25, -0.2) is 4.79 Å². The molecule has 0 spiro atoms. The third-order valence-corrected chi connectivity index (χ3v) is 6.16. The fourth-order valence-electron chi connectivity index (χ4n) is 3.53. The summed E-state index contributed by atoms with van der Waals surface area (Å²) in [5, 5.41) is 5.20. The fraction of sp³-hybridized carbons (Fsp3) is 0.615. The number of ether oxygens (including phenoxy) is 2. The van der Waals surface area contributed by atoms with Gasteiger partial charge in [0.05, 0.1) is 7.11 Å². The number of carbonyl (C=O) groups is 4. The Hall–Kier alpha value is -2.75. The van der Waals surface area contributed by atoms with E-state index in [2.05, 4.69) is 28.0 Å². The molecule has 2 unspecified atom stereocenters. The summed E-state index contributed by atoms with van der Waals surface area (Å²) in [6, 6.07) is 3.50. The largest absolute Gasteiger partial charge is 0.468 e. The third-order valence-electron chi connectivity index (χ3n) is 5.80. The molecule has 0 aromatic heterocycles. The van der Waals surface area contributed by atoms with Crippen LogP contribution in [0.2, 0.25) is 0 Å². The van der Waals surface area contributed by atoms with Crippen LogP contribution in [0.1, 0.15) is 70.7 Å². The minimum atomic E-state index is -1.08. The molecular weight excluding hydrogens is 482 g/mol. The first-order valence-corrected chi connectivity index (χ1v) is 12.6. The summed E-state index contributed by atoms with van der Waals surface area (Å²) in [5.74, 6) is -1.67. The molecule has 2 N–H and O–H groups in total. The Morgan fingerprint density at radius 1 is 1.08 bits per heavy atom. The molecule has 2 atom stereocenters. The molecule has 0 bridgehead atoms. The van der Waals surface area contributed by atoms with Crippen molar-refractivity contribution in [2.75, 3.05) is 19.4 Å². The van der Waals surface area contributed by atoms with Gasteiger partial charge in [0.15, 0.2) is 0 Å². The van der Waals surface area contributed by atoms with Crippen molar-refractivity contribution in [1.29, 1.82) is 0 Å². The summed E-state index contributed by atoms with van der Waals surface area (Å²) >= 11 is 4.31. The number of hydrogen-bond donors (Lipinski definition) is 3. The molecule has 1 rings (SSSR count). The highest BCUT2D eigenvalue weighted by atomic mass is 32.1. The first kappa shape index (κ1) is 31.3. The molecule has 0 saturated heterocycles. The zero-order valence-corrected chi connectivity index (χ0v) is 23.7. The number of esters is 1. The highest BCUT2D eigenvalue weighted by Crippen LogP contribution is 2.34. The lowest BCUT2D eigenvalue weighted by Gasteiger charge is -2.44. The van der Waals surface area contributed by atoms with E-state index < -0.39 is 47.1 Å². The highest BCUT2D eigenvalue weighted by Gasteiger charge is 2.43. The van der Waals surface area contributed by atoms with E-state index in [0.29, 0.717) is 12.0 Å². The van der Waals surface area contributed by atoms with Crippen LogP contribution in [0.15, 0.2) is 18.2 Å². The molecule has 0 aliphatic rings. The number of benzene rings is 1. The lowest BCUT2D eigenvalue weighted by Crippen LogP contribution is -2.60. The van der Waals surface area contributed by atoms with E-state index in [1.54, 1.807) is 20.8 Å². The lowest BCUT2D eigenvalue weighted by molar-refractivity contribution is -0.149. The predicted molar refractivity (Wildman–Crippen MR) is 142 cm³/mol. The second kappa shape index (κ2) is 13.0. The smallest absolute Gasteiger partial charge is 0.408 e. The van der Waals surface area contributed by atoms with Gasteiger partial charge in [-0.15, -0.1) is 0 Å². The van der Waals surface area contributed by atoms with Crippen LogP contribution in [0.5, 0.6) is 0 Å². The summed E-state index contributed by atoms with van der Waals surface area (Å²) < 4.78 is 9.99. The van der Waals surface area contributed by atoms with E-state index in [1.165, 1.54) is 12.0 Å². The minimum Gasteiger partial charge on any atom is -0.468 e. The van der Waals surface area contributed by atoms with Gasteiger partial charge >= 0.3 is 12.1 Å². The second-order valence-corrected chi connectivity index (χ2v) is 10.7. The van der Waals surface area contributed by atoms with Crippen LogP contribution in [0.4, 0.5) is 4.79 Å². The molecule has 0 fully saturated rings. The van der Waals surface area contributed by atoms with E-state index >= 15 is 0 Å². The summed E-state index contributed by atoms with van der Waals surface area (Å²) in [4.78, 5) is 53.4. The van der Waals surface area contributed by atoms with Crippen LogP contribution in [-0.4, -0.2) is 65.4 Å². The first-order valence-electron chi connectivity index (χ1n) is 11.9. The number of rotatable bonds is 10. The summed E-state index contributed by atoms with van der Waals surface area (Å²) in [6.07, 6.45) is -0.251. The van der Waals surface area contributed by atoms with Crippen LogP contribution in [0.3, 0.4) is 0 Å². The maximum atomic E-state index is 14.0. The number of nitrogens with one attached hydrogen (secondary N) is 2. The number of nitrogens with zero attached hydrogens (tertiary/aromatic N) is 1. The molecule has 3 amide bonds. The molecule has 0 aliphatic carbocycles. The third kappa shape index (κ3) is 8.72. The topological polar surface area (TPSA) is 114 Å². The Morgan fingerprint density at radius 2 is 1.69 bits per heavy atom. The highest BCUT2D eigenvalue weighted by molar-refractivity contribution is 7.80. The minimum absolute atomic E-state index is 0.0162. The zero-order valence-electron chi connectivity index (χ0n) is 22.9. The number of thiol groups is 1. The Labute approximate surface area is 220 Å². The standard InChI is InChI=1S/C26H41N3O6S/c1-10-26(7,8)29(23(32)19(15-36)28-24(33)35-25(4,5)6)21(22(31)27-14-20(30)34-9)18-13-16(2)11-12-17(18)3/h11-13,19,21,36H,10,14-15H2,1-9H3,(H,27,31)(H,28,33). The van der Waals surface area contributed by atoms with Gasteiger partial charge in [0, 0.05) is 11.3 Å². The Bertz CT molecular complexity index is 957. The normalized spacial score (nSPS) is 13.3. The van der Waals surface area contributed by atoms with Gasteiger partial charge in [0.1, 0.15) is 24.2 Å². The maximum Gasteiger partial charge on any atom is 0.408 e. The van der Waals surface area contributed by atoms with Gasteiger partial charge in [-0.2, -0.15) is 12.6 Å². The zero-order chi connectivity index (χ0) is 27.8. The van der Waals surface area contributed by atoms with Gasteiger partial charge in [0.25, 0.3) is 0 Å². The number of amides is 3. The molecule has 0 saturated carbocycles. The quantitative estimate of drug-likeness (QED) is 0.320. The Kier molecular flexibility index (Phi) is 11.3. The summed E-state index contributed by atoms with van der Waals surface area (Å²) in [6.45, 7) is 14.2. The Balaban J connectivity index is 3.62. The van der Waals surface area contributed by atoms with Crippen molar-refractivity contribution in [2.24, 2.45) is 0 Å². The number of carbonyl (C=O) groups excluding carboxylic acids is 4. The monoisotopic (exact) mass is 523 g/mol. The number of hydrogen-bond acceptors (Lipinski definition) is 7. The van der Waals surface area contributed by atoms with Crippen molar-refractivity contribution in [3.8, 4) is 0 Å². The van der Waals surface area contributed by atoms with Crippen LogP contribution in [0.25, 0.3) is 0 Å². The van der Waals surface area contributed by atoms with E-state index in [9.17, 15) is 19.2 Å². The van der Waals surface area contributed by atoms with Gasteiger partial charge in [-0.1, -0.05) is 30.7 Å². The predicted octanol–water partition coefficient (Wildman–Crippen LogP) is 3.47. The first-order chi connectivity index (χ1) is 16.6. The van der Waals surface area contributed by atoms with Crippen molar-refractivity contribution < 1.29 is 28.7 Å². The average molecular weight is 524 g/mol. The van der Waals surface area contributed by atoms with Crippen molar-refractivity contribution >= 4 is 36.5 Å². The molecule has 36 heavy (non-hydrogen) atoms. The van der Waals surface area contributed by atoms with Crippen LogP contribution < -0.4 is 10.6 Å². The van der Waals surface area contributed by atoms with Crippen molar-refractivity contribution in [2.45, 2.75) is 85.0 Å². The van der Waals surface area contributed by atoms with Crippen LogP contribution >= 0.6 is 12.6 Å². The van der Waals surface area contributed by atoms with E-state index in [1.807, 2.05) is 52.8 Å². The van der Waals surface area contributed by atoms with Crippen LogP contribution in [-0.2, 0) is 23.9 Å². The average Bonchev–Trinajstić information content (AvgIpc) is 2.79. The van der Waals surface area contributed by atoms with E-state index in [-0.39, 0.29) is 12.3 Å². The van der Waals surface area contributed by atoms with Crippen molar-refractivity contribution in [3.05, 3.63) is 34.9 Å². The van der Waals surface area contributed by atoms with Gasteiger partial charge < -0.3 is 25.0 Å². The van der Waals surface area contributed by atoms with Crippen molar-refractivity contribution in [1.82, 2.24) is 15.5 Å². The number of methoxy groups -OCH3 is 1. The number of aryl methyl sites for hydroxylation is 2. The molecule has 0 radical (unpaired) electrons. The fourth-order valence-corrected chi connectivity index (χ4v) is 3.78. The SMILES string of the molecule is CCC(C)(C)N(C(=O)C(CS)NC(=O)OC(C)(C)C)C(C(=O)NCC(=O)OC)c1cc(C)ccc1C. The van der Waals surface area contributed by atoms with E-state index in [0.717, 1.165) is 11.1 Å². The van der Waals surface area contributed by atoms with Gasteiger partial charge in [-0.05, 0) is 66.0 Å². The van der Waals surface area contributed by atoms with Gasteiger partial charge in [-0.3, -0.25) is 14.4 Å². The van der Waals surface area contributed by atoms with Gasteiger partial charge in [0.2, 0.25) is 11.8 Å². The maximum absolute atomic E-state index is 14.0. The van der Waals surface area contributed by atoms with Crippen molar-refractivity contribution in [3.63, 3.8) is 0 Å². The molecule has 9 nitrogen and oxygen atoms in total. The molecule has 1 aromatic carbocycles.